The minimum Gasteiger partial charge on any atom is -0.356 e. The van der Waals surface area contributed by atoms with E-state index >= 15 is 0 Å². The molecule has 0 aliphatic carbocycles. The number of aryl methyl sites for hydroxylation is 1. The number of aromatic nitrogens is 3. The molecule has 9 heteroatoms. The van der Waals surface area contributed by atoms with Crippen LogP contribution in [-0.4, -0.2) is 34.7 Å². The van der Waals surface area contributed by atoms with Crippen LogP contribution in [-0.2, 0) is 13.0 Å². The van der Waals surface area contributed by atoms with Gasteiger partial charge >= 0.3 is 0 Å². The first-order valence-corrected chi connectivity index (χ1v) is 8.59. The van der Waals surface area contributed by atoms with Gasteiger partial charge in [0.05, 0.1) is 0 Å². The molecule has 3 aromatic rings. The van der Waals surface area contributed by atoms with E-state index in [9.17, 15) is 4.39 Å². The minimum atomic E-state index is -0.210. The molecule has 3 rings (SSSR count). The molecule has 2 N–H and O–H groups in total. The molecule has 28 heavy (non-hydrogen) atoms. The van der Waals surface area contributed by atoms with Crippen LogP contribution in [0, 0.1) is 12.7 Å². The lowest BCUT2D eigenvalue weighted by Crippen LogP contribution is -2.38. The normalized spacial score (nSPS) is 11.0. The molecular formula is C19H22FIN6O. The van der Waals surface area contributed by atoms with Crippen LogP contribution in [0.15, 0.2) is 52.1 Å². The summed E-state index contributed by atoms with van der Waals surface area (Å²) in [7, 11) is 1.68. The maximum atomic E-state index is 13.6. The van der Waals surface area contributed by atoms with Crippen LogP contribution in [0.4, 0.5) is 4.39 Å². The Balaban J connectivity index is 0.00000280. The predicted molar refractivity (Wildman–Crippen MR) is 116 cm³/mol. The predicted octanol–water partition coefficient (Wildman–Crippen LogP) is 3.10. The number of benzene rings is 1. The smallest absolute Gasteiger partial charge is 0.276 e. The van der Waals surface area contributed by atoms with Crippen molar-refractivity contribution in [3.8, 4) is 11.6 Å². The quantitative estimate of drug-likeness (QED) is 0.310. The molecule has 0 saturated carbocycles. The van der Waals surface area contributed by atoms with Crippen molar-refractivity contribution in [1.82, 2.24) is 25.8 Å². The number of pyridine rings is 1. The third-order valence-electron chi connectivity index (χ3n) is 3.91. The second kappa shape index (κ2) is 10.7. The standard InChI is InChI=1S/C19H21FN6O.HI/c1-13-6-7-14(11-15(13)20)12-24-19(21-2)23-10-8-17-25-18(27-26-17)16-5-3-4-9-22-16;/h3-7,9,11H,8,10,12H2,1-2H3,(H2,21,23,24);1H. The lowest BCUT2D eigenvalue weighted by atomic mass is 10.1. The maximum absolute atomic E-state index is 13.6. The molecule has 0 bridgehead atoms. The fourth-order valence-electron chi connectivity index (χ4n) is 2.39. The van der Waals surface area contributed by atoms with Crippen LogP contribution in [0.5, 0.6) is 0 Å². The summed E-state index contributed by atoms with van der Waals surface area (Å²) >= 11 is 0. The number of hydrogen-bond donors (Lipinski definition) is 2. The van der Waals surface area contributed by atoms with Crippen LogP contribution in [0.3, 0.4) is 0 Å². The van der Waals surface area contributed by atoms with Gasteiger partial charge in [-0.05, 0) is 36.2 Å². The van der Waals surface area contributed by atoms with E-state index in [2.05, 4.69) is 30.8 Å². The van der Waals surface area contributed by atoms with Gasteiger partial charge in [-0.1, -0.05) is 23.4 Å². The van der Waals surface area contributed by atoms with Gasteiger partial charge in [0, 0.05) is 32.8 Å². The highest BCUT2D eigenvalue weighted by Gasteiger charge is 2.09. The summed E-state index contributed by atoms with van der Waals surface area (Å²) in [6, 6.07) is 10.7. The molecule has 0 spiro atoms. The highest BCUT2D eigenvalue weighted by molar-refractivity contribution is 14.0. The van der Waals surface area contributed by atoms with E-state index < -0.39 is 0 Å². The second-order valence-electron chi connectivity index (χ2n) is 5.92. The van der Waals surface area contributed by atoms with E-state index in [1.807, 2.05) is 24.3 Å². The van der Waals surface area contributed by atoms with Crippen molar-refractivity contribution < 1.29 is 8.91 Å². The summed E-state index contributed by atoms with van der Waals surface area (Å²) in [5.74, 6) is 1.39. The Labute approximate surface area is 179 Å². The third-order valence-corrected chi connectivity index (χ3v) is 3.91. The van der Waals surface area contributed by atoms with Gasteiger partial charge in [-0.15, -0.1) is 24.0 Å². The first-order chi connectivity index (χ1) is 13.2. The fourth-order valence-corrected chi connectivity index (χ4v) is 2.39. The van der Waals surface area contributed by atoms with Crippen molar-refractivity contribution >= 4 is 29.9 Å². The first kappa shape index (κ1) is 21.7. The van der Waals surface area contributed by atoms with Gasteiger partial charge < -0.3 is 15.2 Å². The van der Waals surface area contributed by atoms with Gasteiger partial charge in [0.15, 0.2) is 11.8 Å². The maximum Gasteiger partial charge on any atom is 0.276 e. The van der Waals surface area contributed by atoms with Crippen LogP contribution in [0.25, 0.3) is 11.6 Å². The summed E-state index contributed by atoms with van der Waals surface area (Å²) in [6.45, 7) is 2.79. The number of rotatable bonds is 6. The van der Waals surface area contributed by atoms with Crippen molar-refractivity contribution in [2.45, 2.75) is 19.9 Å². The number of nitrogens with zero attached hydrogens (tertiary/aromatic N) is 4. The molecule has 0 aliphatic heterocycles. The Hall–Kier alpha value is -2.56. The highest BCUT2D eigenvalue weighted by Crippen LogP contribution is 2.13. The largest absolute Gasteiger partial charge is 0.356 e. The Morgan fingerprint density at radius 2 is 2.07 bits per heavy atom. The monoisotopic (exact) mass is 496 g/mol. The Bertz CT molecular complexity index is 916. The fraction of sp³-hybridized carbons (Fsp3) is 0.263. The van der Waals surface area contributed by atoms with Gasteiger partial charge in [0.25, 0.3) is 5.89 Å². The van der Waals surface area contributed by atoms with E-state index in [0.29, 0.717) is 48.4 Å². The summed E-state index contributed by atoms with van der Waals surface area (Å²) in [5.41, 5.74) is 2.12. The summed E-state index contributed by atoms with van der Waals surface area (Å²) < 4.78 is 18.8. The summed E-state index contributed by atoms with van der Waals surface area (Å²) in [4.78, 5) is 12.7. The average Bonchev–Trinajstić information content (AvgIpc) is 3.17. The average molecular weight is 496 g/mol. The molecule has 1 aromatic carbocycles. The van der Waals surface area contributed by atoms with E-state index in [1.54, 1.807) is 26.2 Å². The van der Waals surface area contributed by atoms with Gasteiger partial charge in [0.1, 0.15) is 11.5 Å². The number of halogens is 2. The minimum absolute atomic E-state index is 0. The van der Waals surface area contributed by atoms with Crippen LogP contribution < -0.4 is 10.6 Å². The SMILES string of the molecule is CN=C(NCCc1noc(-c2ccccn2)n1)NCc1ccc(C)c(F)c1.I. The van der Waals surface area contributed by atoms with Crippen molar-refractivity contribution in [3.05, 3.63) is 65.4 Å². The van der Waals surface area contributed by atoms with Gasteiger partial charge in [-0.25, -0.2) is 4.39 Å². The number of hydrogen-bond acceptors (Lipinski definition) is 5. The zero-order chi connectivity index (χ0) is 19.1. The number of nitrogens with one attached hydrogen (secondary N) is 2. The Kier molecular flexibility index (Phi) is 8.30. The molecule has 0 aliphatic rings. The number of guanidine groups is 1. The van der Waals surface area contributed by atoms with Crippen LogP contribution >= 0.6 is 24.0 Å². The van der Waals surface area contributed by atoms with Crippen LogP contribution in [0.1, 0.15) is 17.0 Å². The molecule has 7 nitrogen and oxygen atoms in total. The zero-order valence-electron chi connectivity index (χ0n) is 15.6. The topological polar surface area (TPSA) is 88.2 Å². The van der Waals surface area contributed by atoms with E-state index in [0.717, 1.165) is 5.56 Å². The van der Waals surface area contributed by atoms with Gasteiger partial charge in [-0.3, -0.25) is 9.98 Å². The van der Waals surface area contributed by atoms with Crippen molar-refractivity contribution in [2.75, 3.05) is 13.6 Å². The van der Waals surface area contributed by atoms with Gasteiger partial charge in [-0.2, -0.15) is 4.98 Å². The molecule has 2 heterocycles. The zero-order valence-corrected chi connectivity index (χ0v) is 18.0. The molecule has 148 valence electrons. The molecule has 0 radical (unpaired) electrons. The van der Waals surface area contributed by atoms with E-state index in [1.165, 1.54) is 6.07 Å². The Morgan fingerprint density at radius 1 is 1.21 bits per heavy atom. The molecule has 0 saturated heterocycles. The molecule has 0 unspecified atom stereocenters. The lowest BCUT2D eigenvalue weighted by molar-refractivity contribution is 0.421. The van der Waals surface area contributed by atoms with E-state index in [4.69, 9.17) is 4.52 Å². The third kappa shape index (κ3) is 5.98. The van der Waals surface area contributed by atoms with Crippen molar-refractivity contribution in [1.29, 1.82) is 0 Å². The van der Waals surface area contributed by atoms with Crippen molar-refractivity contribution in [2.24, 2.45) is 4.99 Å². The van der Waals surface area contributed by atoms with E-state index in [-0.39, 0.29) is 29.8 Å². The van der Waals surface area contributed by atoms with Crippen molar-refractivity contribution in [3.63, 3.8) is 0 Å². The first-order valence-electron chi connectivity index (χ1n) is 8.59. The number of aliphatic imine (C=N–C) groups is 1. The molecule has 0 atom stereocenters. The highest BCUT2D eigenvalue weighted by atomic mass is 127. The summed E-state index contributed by atoms with van der Waals surface area (Å²) in [5, 5.41) is 10.3. The molecule has 0 amide bonds. The second-order valence-corrected chi connectivity index (χ2v) is 5.92. The Morgan fingerprint density at radius 3 is 2.79 bits per heavy atom. The molecule has 0 fully saturated rings. The molecule has 2 aromatic heterocycles. The molecular weight excluding hydrogens is 474 g/mol. The summed E-state index contributed by atoms with van der Waals surface area (Å²) in [6.07, 6.45) is 2.24. The van der Waals surface area contributed by atoms with Crippen LogP contribution in [0.2, 0.25) is 0 Å². The van der Waals surface area contributed by atoms with Gasteiger partial charge in [0.2, 0.25) is 0 Å². The lowest BCUT2D eigenvalue weighted by Gasteiger charge is -2.11.